The first-order valence-corrected chi connectivity index (χ1v) is 6.86. The second-order valence-electron chi connectivity index (χ2n) is 3.48. The predicted molar refractivity (Wildman–Crippen MR) is 66.7 cm³/mol. The number of aromatic nitrogens is 1. The van der Waals surface area contributed by atoms with Gasteiger partial charge in [0.2, 0.25) is 10.0 Å². The van der Waals surface area contributed by atoms with Crippen LogP contribution in [0.2, 0.25) is 0 Å². The van der Waals surface area contributed by atoms with Crippen molar-refractivity contribution in [3.63, 3.8) is 0 Å². The van der Waals surface area contributed by atoms with E-state index in [1.54, 1.807) is 13.1 Å². The van der Waals surface area contributed by atoms with Gasteiger partial charge in [-0.2, -0.15) is 4.31 Å². The molecule has 0 atom stereocenters. The lowest BCUT2D eigenvalue weighted by Gasteiger charge is -2.20. The number of hydrogen-bond donors (Lipinski definition) is 3. The summed E-state index contributed by atoms with van der Waals surface area (Å²) in [5.41, 5.74) is 0. The molecule has 0 fully saturated rings. The van der Waals surface area contributed by atoms with E-state index >= 15 is 0 Å². The van der Waals surface area contributed by atoms with E-state index in [2.05, 4.69) is 10.3 Å². The minimum absolute atomic E-state index is 0.0309. The molecule has 0 bridgehead atoms. The van der Waals surface area contributed by atoms with Crippen molar-refractivity contribution in [3.8, 4) is 0 Å². The Labute approximate surface area is 106 Å². The van der Waals surface area contributed by atoms with Crippen LogP contribution in [0.4, 0.5) is 5.82 Å². The van der Waals surface area contributed by atoms with Crippen LogP contribution in [0.25, 0.3) is 0 Å². The molecule has 18 heavy (non-hydrogen) atoms. The lowest BCUT2D eigenvalue weighted by atomic mass is 10.5. The number of rotatable bonds is 7. The summed E-state index contributed by atoms with van der Waals surface area (Å²) >= 11 is 0. The lowest BCUT2D eigenvalue weighted by molar-refractivity contribution is 0.217. The lowest BCUT2D eigenvalue weighted by Crippen LogP contribution is -2.35. The second-order valence-corrected chi connectivity index (χ2v) is 5.42. The number of sulfonamides is 1. The Morgan fingerprint density at radius 1 is 1.28 bits per heavy atom. The average Bonchev–Trinajstić information content (AvgIpc) is 2.38. The van der Waals surface area contributed by atoms with Crippen molar-refractivity contribution in [2.24, 2.45) is 0 Å². The predicted octanol–water partition coefficient (Wildman–Crippen LogP) is -0.901. The van der Waals surface area contributed by atoms with E-state index in [0.29, 0.717) is 5.82 Å². The van der Waals surface area contributed by atoms with Crippen molar-refractivity contribution in [3.05, 3.63) is 18.3 Å². The number of hydrogen-bond acceptors (Lipinski definition) is 6. The molecular weight excluding hydrogens is 258 g/mol. The van der Waals surface area contributed by atoms with Gasteiger partial charge in [-0.1, -0.05) is 0 Å². The van der Waals surface area contributed by atoms with Gasteiger partial charge in [-0.05, 0) is 12.1 Å². The van der Waals surface area contributed by atoms with E-state index in [9.17, 15) is 8.42 Å². The van der Waals surface area contributed by atoms with Crippen molar-refractivity contribution in [1.29, 1.82) is 0 Å². The van der Waals surface area contributed by atoms with Gasteiger partial charge in [0, 0.05) is 26.3 Å². The van der Waals surface area contributed by atoms with Crippen molar-refractivity contribution in [2.45, 2.75) is 4.90 Å². The fourth-order valence-electron chi connectivity index (χ4n) is 1.41. The van der Waals surface area contributed by atoms with E-state index in [1.807, 2.05) is 0 Å². The van der Waals surface area contributed by atoms with E-state index in [4.69, 9.17) is 10.2 Å². The number of nitrogens with one attached hydrogen (secondary N) is 1. The Hall–Kier alpha value is -1.22. The molecule has 0 aromatic carbocycles. The van der Waals surface area contributed by atoms with Crippen molar-refractivity contribution in [2.75, 3.05) is 38.7 Å². The molecule has 3 N–H and O–H groups in total. The minimum atomic E-state index is -3.73. The van der Waals surface area contributed by atoms with E-state index in [-0.39, 0.29) is 31.2 Å². The van der Waals surface area contributed by atoms with Gasteiger partial charge in [0.15, 0.2) is 0 Å². The Morgan fingerprint density at radius 3 is 2.28 bits per heavy atom. The third-order valence-corrected chi connectivity index (χ3v) is 4.21. The summed E-state index contributed by atoms with van der Waals surface area (Å²) in [7, 11) is -2.05. The highest BCUT2D eigenvalue weighted by atomic mass is 32.2. The fourth-order valence-corrected chi connectivity index (χ4v) is 2.77. The monoisotopic (exact) mass is 275 g/mol. The number of anilines is 1. The van der Waals surface area contributed by atoms with Crippen LogP contribution in [0.15, 0.2) is 23.2 Å². The zero-order valence-electron chi connectivity index (χ0n) is 10.1. The van der Waals surface area contributed by atoms with E-state index in [0.717, 1.165) is 4.31 Å². The van der Waals surface area contributed by atoms with Gasteiger partial charge in [-0.15, -0.1) is 0 Å². The Bertz CT molecular complexity index is 455. The maximum Gasteiger partial charge on any atom is 0.244 e. The molecule has 8 heteroatoms. The normalized spacial score (nSPS) is 11.8. The molecule has 102 valence electrons. The number of nitrogens with zero attached hydrogens (tertiary/aromatic N) is 2. The molecule has 0 spiro atoms. The summed E-state index contributed by atoms with van der Waals surface area (Å²) in [6.45, 7) is -0.726. The molecule has 0 radical (unpaired) electrons. The molecule has 0 saturated heterocycles. The highest BCUT2D eigenvalue weighted by Gasteiger charge is 2.23. The number of aliphatic hydroxyl groups is 2. The molecule has 1 heterocycles. The average molecular weight is 275 g/mol. The van der Waals surface area contributed by atoms with Gasteiger partial charge in [0.25, 0.3) is 0 Å². The van der Waals surface area contributed by atoms with E-state index < -0.39 is 10.0 Å². The molecule has 1 aromatic rings. The molecule has 0 aliphatic heterocycles. The van der Waals surface area contributed by atoms with Crippen LogP contribution in [0.5, 0.6) is 0 Å². The molecule has 0 unspecified atom stereocenters. The maximum atomic E-state index is 12.2. The number of pyridine rings is 1. The quantitative estimate of drug-likeness (QED) is 0.596. The molecular formula is C10H17N3O4S. The Kier molecular flexibility index (Phi) is 5.48. The molecule has 1 aromatic heterocycles. The van der Waals surface area contributed by atoms with Gasteiger partial charge in [-0.3, -0.25) is 0 Å². The van der Waals surface area contributed by atoms with Crippen LogP contribution in [0, 0.1) is 0 Å². The summed E-state index contributed by atoms with van der Waals surface area (Å²) in [6.07, 6.45) is 1.24. The van der Waals surface area contributed by atoms with Gasteiger partial charge in [0.1, 0.15) is 10.7 Å². The van der Waals surface area contributed by atoms with Crippen LogP contribution in [0.3, 0.4) is 0 Å². The van der Waals surface area contributed by atoms with Crippen LogP contribution < -0.4 is 5.32 Å². The standard InChI is InChI=1S/C10H17N3O4S/c1-11-10-3-2-9(8-12-10)18(16,17)13(4-6-14)5-7-15/h2-3,8,14-15H,4-7H2,1H3,(H,11,12). The van der Waals surface area contributed by atoms with Gasteiger partial charge in [-0.25, -0.2) is 13.4 Å². The molecule has 0 amide bonds. The van der Waals surface area contributed by atoms with Crippen LogP contribution in [-0.4, -0.2) is 61.3 Å². The summed E-state index contributed by atoms with van der Waals surface area (Å²) in [4.78, 5) is 3.96. The number of aliphatic hydroxyl groups excluding tert-OH is 2. The zero-order valence-corrected chi connectivity index (χ0v) is 10.9. The van der Waals surface area contributed by atoms with Crippen molar-refractivity contribution in [1.82, 2.24) is 9.29 Å². The summed E-state index contributed by atoms with van der Waals surface area (Å²) in [5.74, 6) is 0.560. The molecule has 0 aliphatic carbocycles. The smallest absolute Gasteiger partial charge is 0.244 e. The van der Waals surface area contributed by atoms with Crippen molar-refractivity contribution < 1.29 is 18.6 Å². The maximum absolute atomic E-state index is 12.2. The highest BCUT2D eigenvalue weighted by Crippen LogP contribution is 2.15. The fraction of sp³-hybridized carbons (Fsp3) is 0.500. The summed E-state index contributed by atoms with van der Waals surface area (Å²) in [6, 6.07) is 2.97. The van der Waals surface area contributed by atoms with E-state index in [1.165, 1.54) is 12.3 Å². The molecule has 0 aliphatic rings. The SMILES string of the molecule is CNc1ccc(S(=O)(=O)N(CCO)CCO)cn1. The largest absolute Gasteiger partial charge is 0.395 e. The van der Waals surface area contributed by atoms with Crippen LogP contribution in [0.1, 0.15) is 0 Å². The van der Waals surface area contributed by atoms with Crippen LogP contribution >= 0.6 is 0 Å². The second kappa shape index (κ2) is 6.64. The summed E-state index contributed by atoms with van der Waals surface area (Å²) in [5, 5.41) is 20.5. The minimum Gasteiger partial charge on any atom is -0.395 e. The van der Waals surface area contributed by atoms with Crippen LogP contribution in [-0.2, 0) is 10.0 Å². The van der Waals surface area contributed by atoms with Gasteiger partial charge >= 0.3 is 0 Å². The van der Waals surface area contributed by atoms with Crippen molar-refractivity contribution >= 4 is 15.8 Å². The molecule has 1 rings (SSSR count). The first-order chi connectivity index (χ1) is 8.56. The van der Waals surface area contributed by atoms with Gasteiger partial charge in [0.05, 0.1) is 13.2 Å². The third kappa shape index (κ3) is 3.39. The highest BCUT2D eigenvalue weighted by molar-refractivity contribution is 7.89. The summed E-state index contributed by atoms with van der Waals surface area (Å²) < 4.78 is 25.3. The first-order valence-electron chi connectivity index (χ1n) is 5.42. The Balaban J connectivity index is 3.01. The topological polar surface area (TPSA) is 103 Å². The van der Waals surface area contributed by atoms with Gasteiger partial charge < -0.3 is 15.5 Å². The molecule has 7 nitrogen and oxygen atoms in total. The molecule has 0 saturated carbocycles. The third-order valence-electron chi connectivity index (χ3n) is 2.33. The zero-order chi connectivity index (χ0) is 13.6. The Morgan fingerprint density at radius 2 is 1.89 bits per heavy atom. The first kappa shape index (κ1) is 14.8.